The monoisotopic (exact) mass is 383 g/mol. The molecule has 0 saturated carbocycles. The van der Waals surface area contributed by atoms with Crippen molar-refractivity contribution in [3.8, 4) is 0 Å². The fraction of sp³-hybridized carbons (Fsp3) is 0.222. The topological polar surface area (TPSA) is 55.4 Å². The molecular formula is C18H16F3NO3S. The number of carbonyl (C=O) groups is 2. The molecule has 2 rings (SSSR count). The number of esters is 1. The van der Waals surface area contributed by atoms with Crippen molar-refractivity contribution >= 4 is 29.3 Å². The zero-order valence-corrected chi connectivity index (χ0v) is 14.6. The van der Waals surface area contributed by atoms with E-state index in [0.717, 1.165) is 12.1 Å². The first-order valence-corrected chi connectivity index (χ1v) is 8.67. The Hall–Kier alpha value is -2.48. The fourth-order valence-corrected chi connectivity index (χ4v) is 2.88. The number of methoxy groups -OCH3 is 1. The zero-order chi connectivity index (χ0) is 19.2. The smallest absolute Gasteiger partial charge is 0.416 e. The van der Waals surface area contributed by atoms with Gasteiger partial charge in [0.1, 0.15) is 0 Å². The summed E-state index contributed by atoms with van der Waals surface area (Å²) < 4.78 is 42.6. The molecule has 4 nitrogen and oxygen atoms in total. The molecule has 0 fully saturated rings. The van der Waals surface area contributed by atoms with Crippen LogP contribution in [0.2, 0.25) is 0 Å². The summed E-state index contributed by atoms with van der Waals surface area (Å²) in [5, 5.41) is 2.66. The van der Waals surface area contributed by atoms with Crippen molar-refractivity contribution in [2.45, 2.75) is 11.9 Å². The molecule has 0 radical (unpaired) electrons. The molecule has 0 bridgehead atoms. The van der Waals surface area contributed by atoms with Gasteiger partial charge in [-0.05, 0) is 35.9 Å². The average Bonchev–Trinajstić information content (AvgIpc) is 2.61. The number of amides is 1. The number of benzene rings is 2. The molecule has 0 aliphatic carbocycles. The summed E-state index contributed by atoms with van der Waals surface area (Å²) >= 11 is 1.21. The third-order valence-corrected chi connectivity index (χ3v) is 4.35. The molecule has 0 aliphatic heterocycles. The number of rotatable bonds is 6. The van der Waals surface area contributed by atoms with Crippen LogP contribution in [0.15, 0.2) is 48.5 Å². The fourth-order valence-electron chi connectivity index (χ4n) is 2.10. The third kappa shape index (κ3) is 5.80. The van der Waals surface area contributed by atoms with Gasteiger partial charge in [-0.25, -0.2) is 4.79 Å². The Balaban J connectivity index is 1.83. The molecular weight excluding hydrogens is 367 g/mol. The molecule has 0 heterocycles. The molecule has 2 aromatic rings. The minimum atomic E-state index is -4.38. The van der Waals surface area contributed by atoms with Gasteiger partial charge in [0.2, 0.25) is 5.91 Å². The maximum Gasteiger partial charge on any atom is 0.416 e. The molecule has 138 valence electrons. The van der Waals surface area contributed by atoms with E-state index in [9.17, 15) is 22.8 Å². The molecule has 2 aromatic carbocycles. The first-order valence-electron chi connectivity index (χ1n) is 7.51. The summed E-state index contributed by atoms with van der Waals surface area (Å²) in [4.78, 5) is 23.2. The van der Waals surface area contributed by atoms with Crippen molar-refractivity contribution in [3.05, 3.63) is 65.2 Å². The number of hydrogen-bond donors (Lipinski definition) is 1. The van der Waals surface area contributed by atoms with Crippen LogP contribution < -0.4 is 5.32 Å². The van der Waals surface area contributed by atoms with Gasteiger partial charge in [-0.3, -0.25) is 4.79 Å². The lowest BCUT2D eigenvalue weighted by atomic mass is 10.1. The van der Waals surface area contributed by atoms with Crippen molar-refractivity contribution in [2.24, 2.45) is 0 Å². The Morgan fingerprint density at radius 3 is 2.42 bits per heavy atom. The lowest BCUT2D eigenvalue weighted by Gasteiger charge is -2.09. The van der Waals surface area contributed by atoms with Crippen LogP contribution in [-0.4, -0.2) is 24.7 Å². The average molecular weight is 383 g/mol. The first-order chi connectivity index (χ1) is 12.3. The maximum atomic E-state index is 12.7. The number of anilines is 1. The van der Waals surface area contributed by atoms with Crippen LogP contribution in [0, 0.1) is 0 Å². The standard InChI is InChI=1S/C18H16F3NO3S/c1-25-17(24)13-5-7-15(8-6-13)22-16(23)11-26-10-12-3-2-4-14(9-12)18(19,20)21/h2-9H,10-11H2,1H3,(H,22,23). The molecule has 0 aromatic heterocycles. The van der Waals surface area contributed by atoms with Gasteiger partial charge in [0, 0.05) is 11.4 Å². The van der Waals surface area contributed by atoms with E-state index in [4.69, 9.17) is 0 Å². The maximum absolute atomic E-state index is 12.7. The predicted octanol–water partition coefficient (Wildman–Crippen LogP) is 4.36. The highest BCUT2D eigenvalue weighted by atomic mass is 32.2. The van der Waals surface area contributed by atoms with Crippen LogP contribution in [-0.2, 0) is 21.5 Å². The highest BCUT2D eigenvalue weighted by Gasteiger charge is 2.30. The van der Waals surface area contributed by atoms with Crippen molar-refractivity contribution in [1.82, 2.24) is 0 Å². The van der Waals surface area contributed by atoms with Gasteiger partial charge in [0.15, 0.2) is 0 Å². The van der Waals surface area contributed by atoms with Gasteiger partial charge in [-0.15, -0.1) is 11.8 Å². The quantitative estimate of drug-likeness (QED) is 0.753. The zero-order valence-electron chi connectivity index (χ0n) is 13.8. The van der Waals surface area contributed by atoms with E-state index in [1.165, 1.54) is 37.1 Å². The van der Waals surface area contributed by atoms with Crippen molar-refractivity contribution in [1.29, 1.82) is 0 Å². The molecule has 0 spiro atoms. The van der Waals surface area contributed by atoms with E-state index in [1.807, 2.05) is 0 Å². The Morgan fingerprint density at radius 1 is 1.12 bits per heavy atom. The van der Waals surface area contributed by atoms with E-state index < -0.39 is 17.7 Å². The normalized spacial score (nSPS) is 11.1. The second-order valence-electron chi connectivity index (χ2n) is 5.31. The lowest BCUT2D eigenvalue weighted by molar-refractivity contribution is -0.137. The molecule has 0 aliphatic rings. The highest BCUT2D eigenvalue weighted by Crippen LogP contribution is 2.30. The number of carbonyl (C=O) groups excluding carboxylic acids is 2. The highest BCUT2D eigenvalue weighted by molar-refractivity contribution is 7.99. The molecule has 26 heavy (non-hydrogen) atoms. The number of nitrogens with one attached hydrogen (secondary N) is 1. The lowest BCUT2D eigenvalue weighted by Crippen LogP contribution is -2.14. The van der Waals surface area contributed by atoms with Crippen LogP contribution in [0.1, 0.15) is 21.5 Å². The van der Waals surface area contributed by atoms with Crippen LogP contribution in [0.25, 0.3) is 0 Å². The van der Waals surface area contributed by atoms with Gasteiger partial charge in [0.05, 0.1) is 24.0 Å². The number of ether oxygens (including phenoxy) is 1. The van der Waals surface area contributed by atoms with Gasteiger partial charge >= 0.3 is 12.1 Å². The Labute approximate surface area is 152 Å². The first kappa shape index (κ1) is 19.8. The minimum absolute atomic E-state index is 0.0923. The van der Waals surface area contributed by atoms with E-state index in [-0.39, 0.29) is 11.7 Å². The third-order valence-electron chi connectivity index (χ3n) is 3.35. The molecule has 0 atom stereocenters. The summed E-state index contributed by atoms with van der Waals surface area (Å²) in [5.41, 5.74) is 0.678. The Morgan fingerprint density at radius 2 is 1.81 bits per heavy atom. The summed E-state index contributed by atoms with van der Waals surface area (Å²) in [6.45, 7) is 0. The van der Waals surface area contributed by atoms with Gasteiger partial charge in [0.25, 0.3) is 0 Å². The van der Waals surface area contributed by atoms with Crippen LogP contribution in [0.5, 0.6) is 0 Å². The van der Waals surface area contributed by atoms with Crippen LogP contribution in [0.4, 0.5) is 18.9 Å². The second kappa shape index (κ2) is 8.75. The van der Waals surface area contributed by atoms with E-state index in [1.54, 1.807) is 18.2 Å². The number of halogens is 3. The molecule has 0 unspecified atom stereocenters. The van der Waals surface area contributed by atoms with E-state index in [0.29, 0.717) is 22.6 Å². The summed E-state index contributed by atoms with van der Waals surface area (Å²) in [5.74, 6) is -0.375. The second-order valence-corrected chi connectivity index (χ2v) is 6.29. The summed E-state index contributed by atoms with van der Waals surface area (Å²) in [6, 6.07) is 11.2. The van der Waals surface area contributed by atoms with E-state index >= 15 is 0 Å². The number of hydrogen-bond acceptors (Lipinski definition) is 4. The van der Waals surface area contributed by atoms with Crippen LogP contribution >= 0.6 is 11.8 Å². The van der Waals surface area contributed by atoms with E-state index in [2.05, 4.69) is 10.1 Å². The van der Waals surface area contributed by atoms with Crippen molar-refractivity contribution in [3.63, 3.8) is 0 Å². The summed E-state index contributed by atoms with van der Waals surface area (Å²) in [7, 11) is 1.28. The molecule has 8 heteroatoms. The van der Waals surface area contributed by atoms with Crippen LogP contribution in [0.3, 0.4) is 0 Å². The summed E-state index contributed by atoms with van der Waals surface area (Å²) in [6.07, 6.45) is -4.38. The minimum Gasteiger partial charge on any atom is -0.465 e. The van der Waals surface area contributed by atoms with Gasteiger partial charge < -0.3 is 10.1 Å². The molecule has 1 amide bonds. The largest absolute Gasteiger partial charge is 0.465 e. The SMILES string of the molecule is COC(=O)c1ccc(NC(=O)CSCc2cccc(C(F)(F)F)c2)cc1. The molecule has 1 N–H and O–H groups in total. The molecule has 0 saturated heterocycles. The number of alkyl halides is 3. The predicted molar refractivity (Wildman–Crippen MR) is 94.0 cm³/mol. The Bertz CT molecular complexity index is 776. The number of thioether (sulfide) groups is 1. The van der Waals surface area contributed by atoms with Crippen molar-refractivity contribution in [2.75, 3.05) is 18.2 Å². The van der Waals surface area contributed by atoms with Crippen molar-refractivity contribution < 1.29 is 27.5 Å². The van der Waals surface area contributed by atoms with Gasteiger partial charge in [-0.1, -0.05) is 18.2 Å². The Kier molecular flexibility index (Phi) is 6.68. The van der Waals surface area contributed by atoms with Gasteiger partial charge in [-0.2, -0.15) is 13.2 Å².